The standard InChI is InChI=1S/C14H20N2O/c1-12-11-14(17-10-9-16(2)3)7-6-13(12)5-4-8-15/h6-7,11H,8-10,15H2,1-3H3. The summed E-state index contributed by atoms with van der Waals surface area (Å²) in [5.74, 6) is 6.78. The first kappa shape index (κ1) is 13.6. The average Bonchev–Trinajstić information content (AvgIpc) is 2.27. The van der Waals surface area contributed by atoms with Crippen LogP contribution in [0.5, 0.6) is 5.75 Å². The molecule has 17 heavy (non-hydrogen) atoms. The van der Waals surface area contributed by atoms with Crippen LogP contribution in [0.3, 0.4) is 0 Å². The number of aryl methyl sites for hydroxylation is 1. The van der Waals surface area contributed by atoms with Crippen molar-refractivity contribution in [1.29, 1.82) is 0 Å². The van der Waals surface area contributed by atoms with Crippen LogP contribution in [0.2, 0.25) is 0 Å². The van der Waals surface area contributed by atoms with E-state index < -0.39 is 0 Å². The normalized spacial score (nSPS) is 9.94. The molecule has 0 aliphatic carbocycles. The van der Waals surface area contributed by atoms with Crippen molar-refractivity contribution < 1.29 is 4.74 Å². The summed E-state index contributed by atoms with van der Waals surface area (Å²) in [7, 11) is 4.06. The van der Waals surface area contributed by atoms with E-state index in [0.29, 0.717) is 13.2 Å². The van der Waals surface area contributed by atoms with Crippen LogP contribution < -0.4 is 10.5 Å². The van der Waals surface area contributed by atoms with Gasteiger partial charge in [0.15, 0.2) is 0 Å². The van der Waals surface area contributed by atoms with Crippen molar-refractivity contribution in [3.8, 4) is 17.6 Å². The van der Waals surface area contributed by atoms with Crippen molar-refractivity contribution in [3.63, 3.8) is 0 Å². The zero-order valence-electron chi connectivity index (χ0n) is 10.8. The van der Waals surface area contributed by atoms with Gasteiger partial charge in [-0.2, -0.15) is 0 Å². The number of benzene rings is 1. The van der Waals surface area contributed by atoms with E-state index in [9.17, 15) is 0 Å². The van der Waals surface area contributed by atoms with E-state index >= 15 is 0 Å². The fourth-order valence-corrected chi connectivity index (χ4v) is 1.36. The first-order valence-corrected chi connectivity index (χ1v) is 5.70. The molecule has 0 saturated carbocycles. The van der Waals surface area contributed by atoms with Crippen molar-refractivity contribution in [2.24, 2.45) is 5.73 Å². The van der Waals surface area contributed by atoms with Gasteiger partial charge in [-0.3, -0.25) is 0 Å². The fourth-order valence-electron chi connectivity index (χ4n) is 1.36. The van der Waals surface area contributed by atoms with Gasteiger partial charge in [0.25, 0.3) is 0 Å². The van der Waals surface area contributed by atoms with Crippen molar-refractivity contribution in [1.82, 2.24) is 4.90 Å². The maximum absolute atomic E-state index is 5.64. The number of hydrogen-bond donors (Lipinski definition) is 1. The highest BCUT2D eigenvalue weighted by atomic mass is 16.5. The zero-order valence-corrected chi connectivity index (χ0v) is 10.8. The third-order valence-corrected chi connectivity index (χ3v) is 2.33. The lowest BCUT2D eigenvalue weighted by Gasteiger charge is -2.11. The van der Waals surface area contributed by atoms with Crippen LogP contribution in [0.4, 0.5) is 0 Å². The molecule has 92 valence electrons. The summed E-state index contributed by atoms with van der Waals surface area (Å²) in [6.45, 7) is 4.02. The molecular weight excluding hydrogens is 212 g/mol. The van der Waals surface area contributed by atoms with Gasteiger partial charge in [0, 0.05) is 12.1 Å². The van der Waals surface area contributed by atoms with Crippen molar-refractivity contribution in [2.75, 3.05) is 33.8 Å². The lowest BCUT2D eigenvalue weighted by molar-refractivity contribution is 0.261. The Labute approximate surface area is 104 Å². The smallest absolute Gasteiger partial charge is 0.119 e. The predicted molar refractivity (Wildman–Crippen MR) is 71.2 cm³/mol. The Kier molecular flexibility index (Phi) is 5.55. The highest BCUT2D eigenvalue weighted by molar-refractivity contribution is 5.44. The minimum absolute atomic E-state index is 0.389. The molecular formula is C14H20N2O. The minimum atomic E-state index is 0.389. The van der Waals surface area contributed by atoms with E-state index in [1.165, 1.54) is 0 Å². The van der Waals surface area contributed by atoms with E-state index in [-0.39, 0.29) is 0 Å². The molecule has 0 spiro atoms. The van der Waals surface area contributed by atoms with Crippen LogP contribution in [0, 0.1) is 18.8 Å². The Morgan fingerprint density at radius 2 is 2.12 bits per heavy atom. The minimum Gasteiger partial charge on any atom is -0.492 e. The molecule has 0 unspecified atom stereocenters. The summed E-state index contributed by atoms with van der Waals surface area (Å²) in [4.78, 5) is 2.09. The maximum Gasteiger partial charge on any atom is 0.119 e. The molecule has 0 atom stereocenters. The SMILES string of the molecule is Cc1cc(OCCN(C)C)ccc1C#CCN. The largest absolute Gasteiger partial charge is 0.492 e. The second-order valence-electron chi connectivity index (χ2n) is 4.13. The van der Waals surface area contributed by atoms with Gasteiger partial charge in [-0.1, -0.05) is 11.8 Å². The lowest BCUT2D eigenvalue weighted by Crippen LogP contribution is -2.19. The maximum atomic E-state index is 5.64. The van der Waals surface area contributed by atoms with Crippen LogP contribution in [0.15, 0.2) is 18.2 Å². The molecule has 0 saturated heterocycles. The highest BCUT2D eigenvalue weighted by Crippen LogP contribution is 2.16. The molecule has 1 aromatic rings. The van der Waals surface area contributed by atoms with Crippen molar-refractivity contribution in [2.45, 2.75) is 6.92 Å². The third kappa shape index (κ3) is 4.90. The predicted octanol–water partition coefficient (Wildman–Crippen LogP) is 1.25. The van der Waals surface area contributed by atoms with Crippen molar-refractivity contribution in [3.05, 3.63) is 29.3 Å². The summed E-state index contributed by atoms with van der Waals surface area (Å²) in [6.07, 6.45) is 0. The van der Waals surface area contributed by atoms with Crippen LogP contribution in [0.1, 0.15) is 11.1 Å². The number of hydrogen-bond acceptors (Lipinski definition) is 3. The van der Waals surface area contributed by atoms with Gasteiger partial charge in [-0.15, -0.1) is 0 Å². The van der Waals surface area contributed by atoms with E-state index in [2.05, 4.69) is 16.7 Å². The fraction of sp³-hybridized carbons (Fsp3) is 0.429. The molecule has 0 bridgehead atoms. The monoisotopic (exact) mass is 232 g/mol. The van der Waals surface area contributed by atoms with Gasteiger partial charge in [0.1, 0.15) is 12.4 Å². The first-order valence-electron chi connectivity index (χ1n) is 5.70. The molecule has 1 rings (SSSR count). The Balaban J connectivity index is 2.62. The number of nitrogens with zero attached hydrogens (tertiary/aromatic N) is 1. The van der Waals surface area contributed by atoms with E-state index in [1.807, 2.05) is 39.2 Å². The Morgan fingerprint density at radius 1 is 1.35 bits per heavy atom. The molecule has 0 aliphatic rings. The van der Waals surface area contributed by atoms with Gasteiger partial charge in [0.05, 0.1) is 6.54 Å². The topological polar surface area (TPSA) is 38.5 Å². The van der Waals surface area contributed by atoms with Crippen LogP contribution in [-0.2, 0) is 0 Å². The van der Waals surface area contributed by atoms with Crippen LogP contribution in [0.25, 0.3) is 0 Å². The van der Waals surface area contributed by atoms with Crippen LogP contribution in [-0.4, -0.2) is 38.7 Å². The zero-order chi connectivity index (χ0) is 12.7. The lowest BCUT2D eigenvalue weighted by atomic mass is 10.1. The summed E-state index contributed by atoms with van der Waals surface area (Å²) in [5.41, 5.74) is 7.48. The number of likely N-dealkylation sites (N-methyl/N-ethyl adjacent to an activating group) is 1. The first-order chi connectivity index (χ1) is 8.13. The van der Waals surface area contributed by atoms with Crippen LogP contribution >= 0.6 is 0 Å². The number of ether oxygens (including phenoxy) is 1. The van der Waals surface area contributed by atoms with Gasteiger partial charge in [-0.05, 0) is 44.8 Å². The summed E-state index contributed by atoms with van der Waals surface area (Å²) < 4.78 is 5.64. The molecule has 1 aromatic carbocycles. The van der Waals surface area contributed by atoms with Gasteiger partial charge < -0.3 is 15.4 Å². The second kappa shape index (κ2) is 6.95. The molecule has 0 radical (unpaired) electrons. The summed E-state index contributed by atoms with van der Waals surface area (Å²) in [6, 6.07) is 5.93. The number of rotatable bonds is 4. The molecule has 0 fully saturated rings. The van der Waals surface area contributed by atoms with Gasteiger partial charge >= 0.3 is 0 Å². The van der Waals surface area contributed by atoms with Gasteiger partial charge in [0.2, 0.25) is 0 Å². The average molecular weight is 232 g/mol. The Bertz CT molecular complexity index is 416. The second-order valence-corrected chi connectivity index (χ2v) is 4.13. The van der Waals surface area contributed by atoms with E-state index in [0.717, 1.165) is 23.4 Å². The quantitative estimate of drug-likeness (QED) is 0.794. The highest BCUT2D eigenvalue weighted by Gasteiger charge is 1.99. The molecule has 0 aliphatic heterocycles. The summed E-state index contributed by atoms with van der Waals surface area (Å²) >= 11 is 0. The molecule has 3 heteroatoms. The molecule has 2 N–H and O–H groups in total. The molecule has 0 heterocycles. The molecule has 3 nitrogen and oxygen atoms in total. The Morgan fingerprint density at radius 3 is 2.71 bits per heavy atom. The number of nitrogens with two attached hydrogens (primary N) is 1. The molecule has 0 aromatic heterocycles. The van der Waals surface area contributed by atoms with E-state index in [4.69, 9.17) is 10.5 Å². The Hall–Kier alpha value is -1.50. The third-order valence-electron chi connectivity index (χ3n) is 2.33. The van der Waals surface area contributed by atoms with Crippen molar-refractivity contribution >= 4 is 0 Å². The summed E-state index contributed by atoms with van der Waals surface area (Å²) in [5, 5.41) is 0. The molecule has 0 amide bonds. The van der Waals surface area contributed by atoms with E-state index in [1.54, 1.807) is 0 Å². The van der Waals surface area contributed by atoms with Gasteiger partial charge in [-0.25, -0.2) is 0 Å².